The van der Waals surface area contributed by atoms with Crippen molar-refractivity contribution in [1.29, 1.82) is 0 Å². The van der Waals surface area contributed by atoms with Crippen molar-refractivity contribution in [2.45, 2.75) is 0 Å². The molecule has 0 saturated heterocycles. The first kappa shape index (κ1) is 8.82. The molecule has 0 aliphatic carbocycles. The second-order valence-electron chi connectivity index (χ2n) is 3.05. The fraction of sp³-hybridized carbons (Fsp3) is 0. The Balaban J connectivity index is 2.24. The molecule has 5 heteroatoms. The Kier molecular flexibility index (Phi) is 1.93. The van der Waals surface area contributed by atoms with Crippen LogP contribution in [0.5, 0.6) is 0 Å². The van der Waals surface area contributed by atoms with Crippen LogP contribution >= 0.6 is 22.7 Å². The zero-order valence-electron chi connectivity index (χ0n) is 7.68. The minimum absolute atomic E-state index is 0.791. The van der Waals surface area contributed by atoms with Crippen LogP contribution in [-0.4, -0.2) is 9.97 Å². The van der Waals surface area contributed by atoms with Crippen molar-refractivity contribution < 1.29 is 0 Å². The Morgan fingerprint density at radius 2 is 2.20 bits per heavy atom. The molecule has 0 aliphatic rings. The van der Waals surface area contributed by atoms with E-state index in [0.717, 1.165) is 25.9 Å². The number of hydrogen-bond acceptors (Lipinski definition) is 5. The summed E-state index contributed by atoms with van der Waals surface area (Å²) >= 11 is 3.19. The lowest BCUT2D eigenvalue weighted by atomic mass is 10.4. The molecule has 3 rings (SSSR count). The van der Waals surface area contributed by atoms with Crippen molar-refractivity contribution in [3.05, 3.63) is 29.8 Å². The van der Waals surface area contributed by atoms with E-state index in [1.54, 1.807) is 28.9 Å². The van der Waals surface area contributed by atoms with Crippen LogP contribution in [0.1, 0.15) is 0 Å². The Morgan fingerprint density at radius 1 is 1.27 bits per heavy atom. The number of anilines is 1. The highest BCUT2D eigenvalue weighted by atomic mass is 32.1. The highest BCUT2D eigenvalue weighted by molar-refractivity contribution is 7.25. The summed E-state index contributed by atoms with van der Waals surface area (Å²) in [6.45, 7) is 0. The van der Waals surface area contributed by atoms with Crippen molar-refractivity contribution in [1.82, 2.24) is 9.97 Å². The molecule has 0 aliphatic heterocycles. The Bertz CT molecular complexity index is 579. The Morgan fingerprint density at radius 3 is 2.93 bits per heavy atom. The standard InChI is InChI=1S/C10H7N3S2/c11-6-3-5-14-8(6)10-13-7-2-1-4-12-9(7)15-10/h1-5H,11H2. The van der Waals surface area contributed by atoms with Crippen LogP contribution in [0.15, 0.2) is 29.8 Å². The summed E-state index contributed by atoms with van der Waals surface area (Å²) in [5, 5.41) is 2.93. The fourth-order valence-electron chi connectivity index (χ4n) is 1.36. The first-order valence-electron chi connectivity index (χ1n) is 4.39. The number of fused-ring (bicyclic) bond motifs is 1. The first-order valence-corrected chi connectivity index (χ1v) is 6.09. The van der Waals surface area contributed by atoms with Gasteiger partial charge in [0.05, 0.1) is 10.6 Å². The normalized spacial score (nSPS) is 10.9. The number of aromatic nitrogens is 2. The summed E-state index contributed by atoms with van der Waals surface area (Å²) in [6.07, 6.45) is 1.78. The van der Waals surface area contributed by atoms with Crippen LogP contribution in [0.25, 0.3) is 20.2 Å². The summed E-state index contributed by atoms with van der Waals surface area (Å²) in [5.74, 6) is 0. The van der Waals surface area contributed by atoms with Gasteiger partial charge in [-0.05, 0) is 23.6 Å². The van der Waals surface area contributed by atoms with E-state index >= 15 is 0 Å². The van der Waals surface area contributed by atoms with E-state index < -0.39 is 0 Å². The van der Waals surface area contributed by atoms with Gasteiger partial charge in [-0.15, -0.1) is 11.3 Å². The average Bonchev–Trinajstić information content (AvgIpc) is 2.82. The van der Waals surface area contributed by atoms with Gasteiger partial charge in [-0.3, -0.25) is 0 Å². The zero-order chi connectivity index (χ0) is 10.3. The molecule has 2 N–H and O–H groups in total. The van der Waals surface area contributed by atoms with E-state index in [2.05, 4.69) is 9.97 Å². The average molecular weight is 233 g/mol. The van der Waals surface area contributed by atoms with Crippen molar-refractivity contribution in [3.8, 4) is 9.88 Å². The molecular weight excluding hydrogens is 226 g/mol. The van der Waals surface area contributed by atoms with E-state index in [-0.39, 0.29) is 0 Å². The number of hydrogen-bond donors (Lipinski definition) is 1. The van der Waals surface area contributed by atoms with Gasteiger partial charge in [0.25, 0.3) is 0 Å². The third-order valence-corrected chi connectivity index (χ3v) is 4.12. The molecule has 0 unspecified atom stereocenters. The van der Waals surface area contributed by atoms with Crippen LogP contribution in [-0.2, 0) is 0 Å². The summed E-state index contributed by atoms with van der Waals surface area (Å²) < 4.78 is 0. The second kappa shape index (κ2) is 3.29. The quantitative estimate of drug-likeness (QED) is 0.703. The van der Waals surface area contributed by atoms with Gasteiger partial charge in [0.1, 0.15) is 15.4 Å². The maximum atomic E-state index is 5.85. The highest BCUT2D eigenvalue weighted by Gasteiger charge is 2.10. The summed E-state index contributed by atoms with van der Waals surface area (Å²) in [6, 6.07) is 5.76. The largest absolute Gasteiger partial charge is 0.397 e. The molecule has 0 fully saturated rings. The van der Waals surface area contributed by atoms with Gasteiger partial charge in [-0.25, -0.2) is 9.97 Å². The van der Waals surface area contributed by atoms with Gasteiger partial charge in [0.15, 0.2) is 0 Å². The van der Waals surface area contributed by atoms with Crippen LogP contribution in [0, 0.1) is 0 Å². The number of rotatable bonds is 1. The van der Waals surface area contributed by atoms with Crippen molar-refractivity contribution in [2.75, 3.05) is 5.73 Å². The molecule has 0 aromatic carbocycles. The predicted octanol–water partition coefficient (Wildman–Crippen LogP) is 3.00. The van der Waals surface area contributed by atoms with E-state index in [1.807, 2.05) is 23.6 Å². The topological polar surface area (TPSA) is 51.8 Å². The van der Waals surface area contributed by atoms with Crippen LogP contribution in [0.2, 0.25) is 0 Å². The SMILES string of the molecule is Nc1ccsc1-c1nc2cccnc2s1. The molecular formula is C10H7N3S2. The van der Waals surface area contributed by atoms with Crippen molar-refractivity contribution >= 4 is 38.7 Å². The number of nitrogen functional groups attached to an aromatic ring is 1. The molecule has 0 saturated carbocycles. The van der Waals surface area contributed by atoms with Gasteiger partial charge in [-0.1, -0.05) is 11.3 Å². The van der Waals surface area contributed by atoms with Crippen LogP contribution in [0.3, 0.4) is 0 Å². The molecule has 74 valence electrons. The minimum atomic E-state index is 0.791. The summed E-state index contributed by atoms with van der Waals surface area (Å²) in [5.41, 5.74) is 7.58. The predicted molar refractivity (Wildman–Crippen MR) is 65.1 cm³/mol. The molecule has 3 nitrogen and oxygen atoms in total. The molecule has 0 amide bonds. The molecule has 0 radical (unpaired) electrons. The molecule has 0 bridgehead atoms. The maximum Gasteiger partial charge on any atom is 0.143 e. The maximum absolute atomic E-state index is 5.85. The fourth-order valence-corrected chi connectivity index (χ4v) is 3.20. The first-order chi connectivity index (χ1) is 7.34. The number of nitrogens with two attached hydrogens (primary N) is 1. The lowest BCUT2D eigenvalue weighted by Crippen LogP contribution is -1.82. The van der Waals surface area contributed by atoms with Crippen molar-refractivity contribution in [2.24, 2.45) is 0 Å². The van der Waals surface area contributed by atoms with E-state index in [4.69, 9.17) is 5.73 Å². The lowest BCUT2D eigenvalue weighted by molar-refractivity contribution is 1.41. The smallest absolute Gasteiger partial charge is 0.143 e. The zero-order valence-corrected chi connectivity index (χ0v) is 9.31. The third kappa shape index (κ3) is 1.40. The molecule has 3 aromatic rings. The van der Waals surface area contributed by atoms with Gasteiger partial charge in [0.2, 0.25) is 0 Å². The number of nitrogens with zero attached hydrogens (tertiary/aromatic N) is 2. The number of pyridine rings is 1. The second-order valence-corrected chi connectivity index (χ2v) is 4.95. The van der Waals surface area contributed by atoms with Crippen LogP contribution < -0.4 is 5.73 Å². The molecule has 0 spiro atoms. The van der Waals surface area contributed by atoms with E-state index in [0.29, 0.717) is 0 Å². The molecule has 0 atom stereocenters. The van der Waals surface area contributed by atoms with Gasteiger partial charge < -0.3 is 5.73 Å². The third-order valence-electron chi connectivity index (χ3n) is 2.06. The van der Waals surface area contributed by atoms with Gasteiger partial charge in [0, 0.05) is 6.20 Å². The van der Waals surface area contributed by atoms with E-state index in [1.165, 1.54) is 0 Å². The lowest BCUT2D eigenvalue weighted by Gasteiger charge is -1.90. The van der Waals surface area contributed by atoms with Gasteiger partial charge in [-0.2, -0.15) is 0 Å². The summed E-state index contributed by atoms with van der Waals surface area (Å²) in [7, 11) is 0. The Labute approximate surface area is 94.2 Å². The molecule has 15 heavy (non-hydrogen) atoms. The molecule has 3 heterocycles. The molecule has 3 aromatic heterocycles. The minimum Gasteiger partial charge on any atom is -0.397 e. The Hall–Kier alpha value is -1.46. The van der Waals surface area contributed by atoms with Crippen molar-refractivity contribution in [3.63, 3.8) is 0 Å². The van der Waals surface area contributed by atoms with Crippen LogP contribution in [0.4, 0.5) is 5.69 Å². The number of thiophene rings is 1. The highest BCUT2D eigenvalue weighted by Crippen LogP contribution is 2.35. The monoisotopic (exact) mass is 233 g/mol. The van der Waals surface area contributed by atoms with E-state index in [9.17, 15) is 0 Å². The summed E-state index contributed by atoms with van der Waals surface area (Å²) in [4.78, 5) is 10.8. The van der Waals surface area contributed by atoms with Gasteiger partial charge >= 0.3 is 0 Å². The number of thiazole rings is 1.